The fourth-order valence-corrected chi connectivity index (χ4v) is 2.95. The molecule has 1 aromatic heterocycles. The van der Waals surface area contributed by atoms with Gasteiger partial charge in [-0.3, -0.25) is 4.79 Å². The number of aromatic amines is 1. The summed E-state index contributed by atoms with van der Waals surface area (Å²) < 4.78 is 0. The third-order valence-electron chi connectivity index (χ3n) is 4.10. The lowest BCUT2D eigenvalue weighted by Gasteiger charge is -2.23. The highest BCUT2D eigenvalue weighted by Gasteiger charge is 2.14. The zero-order chi connectivity index (χ0) is 13.8. The first-order valence-electron chi connectivity index (χ1n) is 7.52. The van der Waals surface area contributed by atoms with Gasteiger partial charge in [0.25, 0.3) is 5.91 Å². The Labute approximate surface area is 119 Å². The van der Waals surface area contributed by atoms with Gasteiger partial charge >= 0.3 is 0 Å². The quantitative estimate of drug-likeness (QED) is 0.763. The van der Waals surface area contributed by atoms with Crippen LogP contribution in [0.15, 0.2) is 30.3 Å². The molecule has 106 valence electrons. The van der Waals surface area contributed by atoms with E-state index in [2.05, 4.69) is 10.3 Å². The van der Waals surface area contributed by atoms with Crippen LogP contribution in [0, 0.1) is 0 Å². The van der Waals surface area contributed by atoms with E-state index in [9.17, 15) is 4.79 Å². The number of carbonyl (C=O) groups excluding carboxylic acids is 1. The van der Waals surface area contributed by atoms with Crippen LogP contribution in [0.5, 0.6) is 0 Å². The number of benzene rings is 1. The number of hydrogen-bond donors (Lipinski definition) is 3. The number of carbonyl (C=O) groups is 1. The summed E-state index contributed by atoms with van der Waals surface area (Å²) in [6, 6.07) is 9.88. The summed E-state index contributed by atoms with van der Waals surface area (Å²) in [5.41, 5.74) is 1.67. The van der Waals surface area contributed by atoms with E-state index in [1.165, 1.54) is 32.4 Å². The van der Waals surface area contributed by atoms with Crippen LogP contribution in [0.2, 0.25) is 0 Å². The molecule has 20 heavy (non-hydrogen) atoms. The van der Waals surface area contributed by atoms with Crippen molar-refractivity contribution in [3.63, 3.8) is 0 Å². The highest BCUT2D eigenvalue weighted by Crippen LogP contribution is 2.14. The molecule has 0 bridgehead atoms. The summed E-state index contributed by atoms with van der Waals surface area (Å²) in [6.07, 6.45) is 4.02. The first-order chi connectivity index (χ1) is 9.83. The molecule has 1 aliphatic heterocycles. The number of H-pyrrole nitrogens is 1. The molecule has 0 aliphatic carbocycles. The molecular formula is C16H22N3O+. The van der Waals surface area contributed by atoms with Gasteiger partial charge in [0.05, 0.1) is 26.2 Å². The van der Waals surface area contributed by atoms with Crippen molar-refractivity contribution >= 4 is 16.8 Å². The van der Waals surface area contributed by atoms with E-state index < -0.39 is 0 Å². The van der Waals surface area contributed by atoms with Gasteiger partial charge in [0.1, 0.15) is 5.69 Å². The topological polar surface area (TPSA) is 49.3 Å². The summed E-state index contributed by atoms with van der Waals surface area (Å²) in [6.45, 7) is 4.29. The Kier molecular flexibility index (Phi) is 4.02. The molecule has 3 rings (SSSR count). The van der Waals surface area contributed by atoms with Crippen molar-refractivity contribution in [3.8, 4) is 0 Å². The van der Waals surface area contributed by atoms with Gasteiger partial charge in [-0.1, -0.05) is 18.2 Å². The molecule has 4 heteroatoms. The van der Waals surface area contributed by atoms with Crippen LogP contribution in [0.3, 0.4) is 0 Å². The molecule has 1 fully saturated rings. The molecule has 1 amide bonds. The van der Waals surface area contributed by atoms with Gasteiger partial charge in [-0.25, -0.2) is 0 Å². The van der Waals surface area contributed by atoms with Gasteiger partial charge in [-0.15, -0.1) is 0 Å². The standard InChI is InChI=1S/C16H21N3O/c20-16(17-8-11-19-9-4-1-5-10-19)15-12-13-6-2-3-7-14(13)18-15/h2-3,6-7,12,18H,1,4-5,8-11H2,(H,17,20)/p+1. The molecule has 0 saturated carbocycles. The molecule has 1 aromatic carbocycles. The largest absolute Gasteiger partial charge is 0.351 e. The van der Waals surface area contributed by atoms with Gasteiger partial charge in [0.15, 0.2) is 0 Å². The van der Waals surface area contributed by atoms with Crippen LogP contribution in [0.25, 0.3) is 10.9 Å². The Morgan fingerprint density at radius 3 is 2.80 bits per heavy atom. The van der Waals surface area contributed by atoms with Crippen LogP contribution < -0.4 is 10.2 Å². The maximum absolute atomic E-state index is 12.1. The number of para-hydroxylation sites is 1. The van der Waals surface area contributed by atoms with E-state index in [4.69, 9.17) is 0 Å². The zero-order valence-corrected chi connectivity index (χ0v) is 11.7. The second kappa shape index (κ2) is 6.09. The van der Waals surface area contributed by atoms with E-state index in [-0.39, 0.29) is 5.91 Å². The van der Waals surface area contributed by atoms with Crippen LogP contribution in [-0.4, -0.2) is 37.1 Å². The molecule has 2 heterocycles. The Morgan fingerprint density at radius 1 is 1.20 bits per heavy atom. The highest BCUT2D eigenvalue weighted by molar-refractivity contribution is 5.97. The number of piperidine rings is 1. The van der Waals surface area contributed by atoms with Gasteiger partial charge < -0.3 is 15.2 Å². The summed E-state index contributed by atoms with van der Waals surface area (Å²) in [7, 11) is 0. The molecule has 0 atom stereocenters. The minimum absolute atomic E-state index is 0.00221. The van der Waals surface area contributed by atoms with Crippen molar-refractivity contribution in [3.05, 3.63) is 36.0 Å². The van der Waals surface area contributed by atoms with Crippen molar-refractivity contribution in [2.75, 3.05) is 26.2 Å². The third kappa shape index (κ3) is 3.02. The number of aromatic nitrogens is 1. The van der Waals surface area contributed by atoms with Gasteiger partial charge in [0.2, 0.25) is 0 Å². The average Bonchev–Trinajstić information content (AvgIpc) is 2.92. The predicted molar refractivity (Wildman–Crippen MR) is 80.0 cm³/mol. The van der Waals surface area contributed by atoms with Gasteiger partial charge in [-0.05, 0) is 31.4 Å². The zero-order valence-electron chi connectivity index (χ0n) is 11.7. The molecule has 3 N–H and O–H groups in total. The SMILES string of the molecule is O=C(NCC[NH+]1CCCCC1)c1cc2ccccc2[nH]1. The number of fused-ring (bicyclic) bond motifs is 1. The van der Waals surface area contributed by atoms with Crippen LogP contribution in [-0.2, 0) is 0 Å². The summed E-state index contributed by atoms with van der Waals surface area (Å²) in [5, 5.41) is 4.10. The second-order valence-corrected chi connectivity index (χ2v) is 5.59. The molecule has 1 aliphatic rings. The van der Waals surface area contributed by atoms with Gasteiger partial charge in [-0.2, -0.15) is 0 Å². The smallest absolute Gasteiger partial charge is 0.267 e. The first-order valence-corrected chi connectivity index (χ1v) is 7.52. The van der Waals surface area contributed by atoms with Crippen molar-refractivity contribution in [2.24, 2.45) is 0 Å². The predicted octanol–water partition coefficient (Wildman–Crippen LogP) is 0.966. The third-order valence-corrected chi connectivity index (χ3v) is 4.10. The number of amides is 1. The Morgan fingerprint density at radius 2 is 2.00 bits per heavy atom. The molecule has 0 unspecified atom stereocenters. The molecule has 4 nitrogen and oxygen atoms in total. The van der Waals surface area contributed by atoms with Crippen molar-refractivity contribution in [1.82, 2.24) is 10.3 Å². The molecule has 2 aromatic rings. The lowest BCUT2D eigenvalue weighted by molar-refractivity contribution is -0.903. The molecule has 1 saturated heterocycles. The number of hydrogen-bond acceptors (Lipinski definition) is 1. The van der Waals surface area contributed by atoms with E-state index in [0.29, 0.717) is 5.69 Å². The monoisotopic (exact) mass is 272 g/mol. The number of likely N-dealkylation sites (tertiary alicyclic amines) is 1. The normalized spacial score (nSPS) is 16.4. The molecule has 0 radical (unpaired) electrons. The van der Waals surface area contributed by atoms with Gasteiger partial charge in [0, 0.05) is 10.9 Å². The van der Waals surface area contributed by atoms with Crippen LogP contribution >= 0.6 is 0 Å². The lowest BCUT2D eigenvalue weighted by atomic mass is 10.1. The van der Waals surface area contributed by atoms with Crippen molar-refractivity contribution < 1.29 is 9.69 Å². The number of rotatable bonds is 4. The van der Waals surface area contributed by atoms with Crippen LogP contribution in [0.1, 0.15) is 29.8 Å². The lowest BCUT2D eigenvalue weighted by Crippen LogP contribution is -3.13. The molecular weight excluding hydrogens is 250 g/mol. The van der Waals surface area contributed by atoms with Crippen molar-refractivity contribution in [1.29, 1.82) is 0 Å². The fourth-order valence-electron chi connectivity index (χ4n) is 2.95. The minimum Gasteiger partial charge on any atom is -0.351 e. The second-order valence-electron chi connectivity index (χ2n) is 5.59. The van der Waals surface area contributed by atoms with Crippen molar-refractivity contribution in [2.45, 2.75) is 19.3 Å². The van der Waals surface area contributed by atoms with Crippen LogP contribution in [0.4, 0.5) is 0 Å². The highest BCUT2D eigenvalue weighted by atomic mass is 16.1. The van der Waals surface area contributed by atoms with E-state index in [1.54, 1.807) is 4.90 Å². The summed E-state index contributed by atoms with van der Waals surface area (Å²) in [4.78, 5) is 16.9. The Hall–Kier alpha value is -1.81. The van der Waals surface area contributed by atoms with E-state index >= 15 is 0 Å². The first kappa shape index (κ1) is 13.2. The number of quaternary nitrogens is 1. The fraction of sp³-hybridized carbons (Fsp3) is 0.438. The Bertz CT molecular complexity index is 551. The van der Waals surface area contributed by atoms with E-state index in [1.807, 2.05) is 30.3 Å². The molecule has 0 spiro atoms. The maximum atomic E-state index is 12.1. The van der Waals surface area contributed by atoms with E-state index in [0.717, 1.165) is 24.0 Å². The minimum atomic E-state index is -0.00221. The summed E-state index contributed by atoms with van der Waals surface area (Å²) in [5.74, 6) is -0.00221. The summed E-state index contributed by atoms with van der Waals surface area (Å²) >= 11 is 0. The Balaban J connectivity index is 1.53. The number of nitrogens with one attached hydrogen (secondary N) is 3. The maximum Gasteiger partial charge on any atom is 0.267 e. The average molecular weight is 272 g/mol.